The van der Waals surface area contributed by atoms with E-state index in [4.69, 9.17) is 4.42 Å². The number of nitrogens with zero attached hydrogens (tertiary/aromatic N) is 2. The molecule has 1 aromatic heterocycles. The Hall–Kier alpha value is -5.12. The van der Waals surface area contributed by atoms with Crippen molar-refractivity contribution in [1.82, 2.24) is 10.2 Å². The van der Waals surface area contributed by atoms with Gasteiger partial charge in [-0.3, -0.25) is 9.59 Å². The zero-order chi connectivity index (χ0) is 29.5. The fourth-order valence-corrected chi connectivity index (χ4v) is 4.84. The summed E-state index contributed by atoms with van der Waals surface area (Å²) < 4.78 is 18.5. The van der Waals surface area contributed by atoms with Crippen molar-refractivity contribution in [2.24, 2.45) is 0 Å². The molecule has 0 bridgehead atoms. The highest BCUT2D eigenvalue weighted by molar-refractivity contribution is 6.05. The molecule has 9 nitrogen and oxygen atoms in total. The Morgan fingerprint density at radius 2 is 1.64 bits per heavy atom. The highest BCUT2D eigenvalue weighted by Gasteiger charge is 2.23. The first-order valence-corrected chi connectivity index (χ1v) is 13.7. The summed E-state index contributed by atoms with van der Waals surface area (Å²) in [6.45, 7) is 4.35. The van der Waals surface area contributed by atoms with E-state index in [1.54, 1.807) is 47.4 Å². The minimum Gasteiger partial charge on any atom is -0.459 e. The molecule has 1 fully saturated rings. The van der Waals surface area contributed by atoms with E-state index in [2.05, 4.69) is 20.9 Å². The monoisotopic (exact) mass is 569 g/mol. The largest absolute Gasteiger partial charge is 0.459 e. The number of anilines is 3. The van der Waals surface area contributed by atoms with Crippen molar-refractivity contribution in [3.8, 4) is 0 Å². The highest BCUT2D eigenvalue weighted by atomic mass is 19.1. The van der Waals surface area contributed by atoms with E-state index in [0.29, 0.717) is 49.5 Å². The van der Waals surface area contributed by atoms with E-state index >= 15 is 0 Å². The minimum atomic E-state index is -0.435. The third kappa shape index (κ3) is 7.14. The van der Waals surface area contributed by atoms with Crippen LogP contribution in [0.5, 0.6) is 0 Å². The van der Waals surface area contributed by atoms with Crippen molar-refractivity contribution in [1.29, 1.82) is 0 Å². The van der Waals surface area contributed by atoms with Crippen LogP contribution in [0.1, 0.15) is 38.5 Å². The molecule has 4 amide bonds. The molecule has 0 spiro atoms. The van der Waals surface area contributed by atoms with Crippen molar-refractivity contribution < 1.29 is 23.2 Å². The number of aryl methyl sites for hydroxylation is 1. The molecule has 1 aliphatic rings. The van der Waals surface area contributed by atoms with Gasteiger partial charge < -0.3 is 30.2 Å². The molecule has 2 heterocycles. The van der Waals surface area contributed by atoms with Crippen molar-refractivity contribution in [3.63, 3.8) is 0 Å². The molecule has 1 saturated heterocycles. The van der Waals surface area contributed by atoms with Crippen LogP contribution in [0.15, 0.2) is 89.5 Å². The summed E-state index contributed by atoms with van der Waals surface area (Å²) in [7, 11) is 0. The SMILES string of the molecule is Cc1cccc(NC(=O)N2CCCN(c3ccc(NC(=O)c4ccco4)cc3C(=O)NCc3ccc(F)cc3)CC2)c1. The van der Waals surface area contributed by atoms with E-state index in [-0.39, 0.29) is 30.1 Å². The van der Waals surface area contributed by atoms with Gasteiger partial charge >= 0.3 is 6.03 Å². The maximum atomic E-state index is 13.5. The van der Waals surface area contributed by atoms with Crippen LogP contribution in [0.2, 0.25) is 0 Å². The van der Waals surface area contributed by atoms with Crippen LogP contribution in [0.3, 0.4) is 0 Å². The van der Waals surface area contributed by atoms with Crippen LogP contribution < -0.4 is 20.9 Å². The van der Waals surface area contributed by atoms with Gasteiger partial charge in [0.1, 0.15) is 5.82 Å². The number of benzene rings is 3. The summed E-state index contributed by atoms with van der Waals surface area (Å²) in [6.07, 6.45) is 2.12. The molecule has 0 unspecified atom stereocenters. The maximum absolute atomic E-state index is 13.5. The number of urea groups is 1. The smallest absolute Gasteiger partial charge is 0.321 e. The van der Waals surface area contributed by atoms with E-state index in [9.17, 15) is 18.8 Å². The second kappa shape index (κ2) is 13.0. The molecule has 3 N–H and O–H groups in total. The van der Waals surface area contributed by atoms with Crippen LogP contribution >= 0.6 is 0 Å². The lowest BCUT2D eigenvalue weighted by molar-refractivity contribution is 0.0949. The van der Waals surface area contributed by atoms with Gasteiger partial charge in [-0.2, -0.15) is 0 Å². The van der Waals surface area contributed by atoms with Crippen molar-refractivity contribution in [2.75, 3.05) is 41.7 Å². The van der Waals surface area contributed by atoms with E-state index in [0.717, 1.165) is 16.8 Å². The standard InChI is InChI=1S/C32H32FN5O4/c1-22-5-2-6-25(19-22)36-32(41)38-15-4-14-37(16-17-38)28-13-12-26(35-31(40)29-7-3-18-42-29)20-27(28)30(39)34-21-23-8-10-24(33)11-9-23/h2-3,5-13,18-20H,4,14-17,21H2,1H3,(H,34,39)(H,35,40)(H,36,41). The highest BCUT2D eigenvalue weighted by Crippen LogP contribution is 2.27. The Morgan fingerprint density at radius 3 is 2.40 bits per heavy atom. The number of halogens is 1. The van der Waals surface area contributed by atoms with Gasteiger partial charge in [-0.15, -0.1) is 0 Å². The molecule has 0 radical (unpaired) electrons. The normalized spacial score (nSPS) is 13.3. The lowest BCUT2D eigenvalue weighted by Crippen LogP contribution is -2.38. The number of amides is 4. The summed E-state index contributed by atoms with van der Waals surface area (Å²) in [5.74, 6) is -0.981. The van der Waals surface area contributed by atoms with Crippen molar-refractivity contribution in [3.05, 3.63) is 113 Å². The zero-order valence-electron chi connectivity index (χ0n) is 23.2. The Labute approximate surface area is 243 Å². The number of carbonyl (C=O) groups excluding carboxylic acids is 3. The number of hydrogen-bond donors (Lipinski definition) is 3. The van der Waals surface area contributed by atoms with Crippen LogP contribution in [0.4, 0.5) is 26.2 Å². The predicted molar refractivity (Wildman–Crippen MR) is 159 cm³/mol. The molecule has 5 rings (SSSR count). The second-order valence-electron chi connectivity index (χ2n) is 10.1. The Balaban J connectivity index is 1.33. The van der Waals surface area contributed by atoms with Crippen LogP contribution in [0, 0.1) is 12.7 Å². The van der Waals surface area contributed by atoms with Gasteiger partial charge in [0.05, 0.1) is 11.8 Å². The number of nitrogens with one attached hydrogen (secondary N) is 3. The van der Waals surface area contributed by atoms with Gasteiger partial charge in [-0.25, -0.2) is 9.18 Å². The van der Waals surface area contributed by atoms with Gasteiger partial charge in [0.25, 0.3) is 11.8 Å². The average molecular weight is 570 g/mol. The summed E-state index contributed by atoms with van der Waals surface area (Å²) in [5, 5.41) is 8.65. The first kappa shape index (κ1) is 28.4. The molecule has 0 atom stereocenters. The summed E-state index contributed by atoms with van der Waals surface area (Å²) in [6, 6.07) is 21.7. The first-order valence-electron chi connectivity index (χ1n) is 13.7. The van der Waals surface area contributed by atoms with Gasteiger partial charge in [0, 0.05) is 49.8 Å². The van der Waals surface area contributed by atoms with E-state index in [1.165, 1.54) is 18.4 Å². The van der Waals surface area contributed by atoms with Crippen LogP contribution in [0.25, 0.3) is 0 Å². The Bertz CT molecular complexity index is 1560. The molecule has 10 heteroatoms. The number of hydrogen-bond acceptors (Lipinski definition) is 5. The van der Waals surface area contributed by atoms with Gasteiger partial charge in [0.2, 0.25) is 0 Å². The molecule has 0 saturated carbocycles. The van der Waals surface area contributed by atoms with Gasteiger partial charge in [-0.1, -0.05) is 24.3 Å². The van der Waals surface area contributed by atoms with Crippen LogP contribution in [-0.4, -0.2) is 48.9 Å². The lowest BCUT2D eigenvalue weighted by Gasteiger charge is -2.26. The quantitative estimate of drug-likeness (QED) is 0.267. The third-order valence-electron chi connectivity index (χ3n) is 7.00. The summed E-state index contributed by atoms with van der Waals surface area (Å²) in [5.41, 5.74) is 4.03. The van der Waals surface area contributed by atoms with E-state index in [1.807, 2.05) is 31.2 Å². The predicted octanol–water partition coefficient (Wildman–Crippen LogP) is 5.65. The second-order valence-corrected chi connectivity index (χ2v) is 10.1. The van der Waals surface area contributed by atoms with Crippen molar-refractivity contribution in [2.45, 2.75) is 19.9 Å². The molecule has 216 valence electrons. The average Bonchev–Trinajstić information content (AvgIpc) is 3.42. The molecule has 42 heavy (non-hydrogen) atoms. The number of furan rings is 1. The molecular weight excluding hydrogens is 537 g/mol. The van der Waals surface area contributed by atoms with Crippen LogP contribution in [-0.2, 0) is 6.54 Å². The van der Waals surface area contributed by atoms with Gasteiger partial charge in [0.15, 0.2) is 5.76 Å². The number of carbonyl (C=O) groups is 3. The topological polar surface area (TPSA) is 107 Å². The lowest BCUT2D eigenvalue weighted by atomic mass is 10.1. The Morgan fingerprint density at radius 1 is 0.833 bits per heavy atom. The molecular formula is C32H32FN5O4. The first-order chi connectivity index (χ1) is 20.4. The molecule has 3 aromatic carbocycles. The van der Waals surface area contributed by atoms with Gasteiger partial charge in [-0.05, 0) is 79.1 Å². The summed E-state index contributed by atoms with van der Waals surface area (Å²) >= 11 is 0. The molecule has 4 aromatic rings. The maximum Gasteiger partial charge on any atom is 0.321 e. The van der Waals surface area contributed by atoms with Crippen molar-refractivity contribution >= 4 is 34.9 Å². The fourth-order valence-electron chi connectivity index (χ4n) is 4.84. The molecule has 0 aliphatic carbocycles. The van der Waals surface area contributed by atoms with E-state index < -0.39 is 5.91 Å². The minimum absolute atomic E-state index is 0.151. The third-order valence-corrected chi connectivity index (χ3v) is 7.00. The Kier molecular flexibility index (Phi) is 8.81. The molecule has 1 aliphatic heterocycles. The fraction of sp³-hybridized carbons (Fsp3) is 0.219. The zero-order valence-corrected chi connectivity index (χ0v) is 23.2. The number of rotatable bonds is 7. The summed E-state index contributed by atoms with van der Waals surface area (Å²) in [4.78, 5) is 42.9.